The average Bonchev–Trinajstić information content (AvgIpc) is 2.87. The van der Waals surface area contributed by atoms with E-state index in [1.165, 1.54) is 0 Å². The van der Waals surface area contributed by atoms with Crippen molar-refractivity contribution in [1.29, 1.82) is 0 Å². The van der Waals surface area contributed by atoms with Crippen molar-refractivity contribution in [2.75, 3.05) is 6.61 Å². The minimum atomic E-state index is -0.405. The van der Waals surface area contributed by atoms with Crippen LogP contribution in [0.5, 0.6) is 0 Å². The molecule has 18 heavy (non-hydrogen) atoms. The molecule has 0 unspecified atom stereocenters. The van der Waals surface area contributed by atoms with Crippen LogP contribution >= 0.6 is 0 Å². The van der Waals surface area contributed by atoms with Crippen molar-refractivity contribution < 1.29 is 18.7 Å². The van der Waals surface area contributed by atoms with Gasteiger partial charge in [0.25, 0.3) is 0 Å². The van der Waals surface area contributed by atoms with E-state index in [0.717, 1.165) is 0 Å². The second kappa shape index (κ2) is 5.31. The van der Waals surface area contributed by atoms with E-state index in [1.54, 1.807) is 43.3 Å². The molecule has 0 amide bonds. The lowest BCUT2D eigenvalue weighted by Crippen LogP contribution is -2.06. The first-order valence-electron chi connectivity index (χ1n) is 5.57. The van der Waals surface area contributed by atoms with Crippen LogP contribution in [0.2, 0.25) is 0 Å². The van der Waals surface area contributed by atoms with Gasteiger partial charge in [0.2, 0.25) is 0 Å². The molecular weight excluding hydrogens is 232 g/mol. The lowest BCUT2D eigenvalue weighted by atomic mass is 10.1. The van der Waals surface area contributed by atoms with Crippen molar-refractivity contribution in [3.05, 3.63) is 47.7 Å². The lowest BCUT2D eigenvalue weighted by molar-refractivity contribution is 0.0527. The molecule has 0 fully saturated rings. The number of furan rings is 1. The summed E-state index contributed by atoms with van der Waals surface area (Å²) in [6.07, 6.45) is 0.622. The molecule has 2 aromatic rings. The van der Waals surface area contributed by atoms with E-state index in [9.17, 15) is 9.59 Å². The summed E-state index contributed by atoms with van der Waals surface area (Å²) in [5, 5.41) is 0. The Labute approximate surface area is 104 Å². The quantitative estimate of drug-likeness (QED) is 0.613. The summed E-state index contributed by atoms with van der Waals surface area (Å²) < 4.78 is 10.3. The van der Waals surface area contributed by atoms with Crippen LogP contribution < -0.4 is 0 Å². The number of aldehydes is 1. The molecule has 0 aliphatic heterocycles. The number of ether oxygens (including phenoxy) is 1. The fourth-order valence-electron chi connectivity index (χ4n) is 1.65. The number of hydrogen-bond donors (Lipinski definition) is 0. The van der Waals surface area contributed by atoms with E-state index in [2.05, 4.69) is 0 Å². The number of benzene rings is 1. The lowest BCUT2D eigenvalue weighted by Gasteiger charge is -2.06. The molecule has 0 saturated heterocycles. The second-order valence-electron chi connectivity index (χ2n) is 3.59. The number of esters is 1. The molecule has 0 atom stereocenters. The summed E-state index contributed by atoms with van der Waals surface area (Å²) in [6.45, 7) is 2.06. The maximum Gasteiger partial charge on any atom is 0.338 e. The van der Waals surface area contributed by atoms with Crippen molar-refractivity contribution >= 4 is 12.3 Å². The highest BCUT2D eigenvalue weighted by molar-refractivity contribution is 5.96. The third-order valence-electron chi connectivity index (χ3n) is 2.43. The zero-order valence-corrected chi connectivity index (χ0v) is 9.88. The predicted molar refractivity (Wildman–Crippen MR) is 65.5 cm³/mol. The van der Waals surface area contributed by atoms with E-state index < -0.39 is 5.97 Å². The molecule has 0 aliphatic carbocycles. The Morgan fingerprint density at radius 2 is 2.06 bits per heavy atom. The third kappa shape index (κ3) is 2.32. The predicted octanol–water partition coefficient (Wildman–Crippen LogP) is 2.94. The largest absolute Gasteiger partial charge is 0.462 e. The van der Waals surface area contributed by atoms with Gasteiger partial charge in [0.05, 0.1) is 12.2 Å². The van der Waals surface area contributed by atoms with Crippen LogP contribution in [-0.2, 0) is 4.74 Å². The molecule has 4 nitrogen and oxygen atoms in total. The topological polar surface area (TPSA) is 56.5 Å². The number of carbonyl (C=O) groups excluding carboxylic acids is 2. The Balaban J connectivity index is 2.44. The minimum absolute atomic E-state index is 0.226. The molecule has 4 heteroatoms. The molecule has 92 valence electrons. The Bertz CT molecular complexity index is 569. The van der Waals surface area contributed by atoms with Gasteiger partial charge in [-0.25, -0.2) is 4.79 Å². The summed E-state index contributed by atoms with van der Waals surface area (Å²) in [5.41, 5.74) is 1.04. The zero-order chi connectivity index (χ0) is 13.0. The Hall–Kier alpha value is -2.36. The number of carbonyl (C=O) groups is 2. The fourth-order valence-corrected chi connectivity index (χ4v) is 1.65. The van der Waals surface area contributed by atoms with Crippen LogP contribution in [0.1, 0.15) is 27.8 Å². The van der Waals surface area contributed by atoms with Crippen LogP contribution in [0, 0.1) is 0 Å². The Morgan fingerprint density at radius 3 is 2.72 bits per heavy atom. The fraction of sp³-hybridized carbons (Fsp3) is 0.143. The molecule has 0 saturated carbocycles. The highest BCUT2D eigenvalue weighted by Crippen LogP contribution is 2.25. The highest BCUT2D eigenvalue weighted by Gasteiger charge is 2.15. The first-order valence-corrected chi connectivity index (χ1v) is 5.57. The van der Waals surface area contributed by atoms with Crippen molar-refractivity contribution in [2.24, 2.45) is 0 Å². The van der Waals surface area contributed by atoms with Gasteiger partial charge >= 0.3 is 5.97 Å². The van der Waals surface area contributed by atoms with Crippen LogP contribution in [0.15, 0.2) is 40.8 Å². The summed E-state index contributed by atoms with van der Waals surface area (Å²) >= 11 is 0. The number of hydrogen-bond acceptors (Lipinski definition) is 4. The highest BCUT2D eigenvalue weighted by atomic mass is 16.5. The molecule has 0 bridgehead atoms. The standard InChI is InChI=1S/C14H12O4/c1-2-17-14(16)12-6-4-3-5-11(12)13-8-7-10(9-15)18-13/h3-9H,2H2,1H3. The van der Waals surface area contributed by atoms with Crippen LogP contribution in [0.25, 0.3) is 11.3 Å². The normalized spacial score (nSPS) is 10.1. The van der Waals surface area contributed by atoms with Crippen LogP contribution in [0.3, 0.4) is 0 Å². The molecule has 1 aromatic heterocycles. The molecule has 1 heterocycles. The Morgan fingerprint density at radius 1 is 1.28 bits per heavy atom. The van der Waals surface area contributed by atoms with Gasteiger partial charge < -0.3 is 9.15 Å². The van der Waals surface area contributed by atoms with Crippen molar-refractivity contribution in [3.63, 3.8) is 0 Å². The summed E-state index contributed by atoms with van der Waals surface area (Å²) in [4.78, 5) is 22.4. The second-order valence-corrected chi connectivity index (χ2v) is 3.59. The molecular formula is C14H12O4. The first-order chi connectivity index (χ1) is 8.76. The van der Waals surface area contributed by atoms with E-state index >= 15 is 0 Å². The molecule has 1 aromatic carbocycles. The van der Waals surface area contributed by atoms with E-state index in [0.29, 0.717) is 29.8 Å². The first kappa shape index (κ1) is 12.1. The average molecular weight is 244 g/mol. The molecule has 0 aliphatic rings. The van der Waals surface area contributed by atoms with E-state index in [4.69, 9.17) is 9.15 Å². The monoisotopic (exact) mass is 244 g/mol. The minimum Gasteiger partial charge on any atom is -0.462 e. The molecule has 2 rings (SSSR count). The van der Waals surface area contributed by atoms with Gasteiger partial charge in [-0.2, -0.15) is 0 Å². The van der Waals surface area contributed by atoms with Crippen molar-refractivity contribution in [1.82, 2.24) is 0 Å². The molecule has 0 spiro atoms. The van der Waals surface area contributed by atoms with Crippen molar-refractivity contribution in [3.8, 4) is 11.3 Å². The maximum absolute atomic E-state index is 11.8. The zero-order valence-electron chi connectivity index (χ0n) is 9.88. The SMILES string of the molecule is CCOC(=O)c1ccccc1-c1ccc(C=O)o1. The van der Waals surface area contributed by atoms with Gasteiger partial charge in [0.15, 0.2) is 12.0 Å². The van der Waals surface area contributed by atoms with Crippen LogP contribution in [0.4, 0.5) is 0 Å². The van der Waals surface area contributed by atoms with Gasteiger partial charge in [-0.1, -0.05) is 18.2 Å². The van der Waals surface area contributed by atoms with Crippen molar-refractivity contribution in [2.45, 2.75) is 6.92 Å². The summed E-state index contributed by atoms with van der Waals surface area (Å²) in [7, 11) is 0. The van der Waals surface area contributed by atoms with Gasteiger partial charge in [-0.3, -0.25) is 4.79 Å². The van der Waals surface area contributed by atoms with Gasteiger partial charge in [-0.15, -0.1) is 0 Å². The van der Waals surface area contributed by atoms with E-state index in [-0.39, 0.29) is 5.76 Å². The van der Waals surface area contributed by atoms with Gasteiger partial charge in [-0.05, 0) is 25.1 Å². The van der Waals surface area contributed by atoms with Gasteiger partial charge in [0, 0.05) is 5.56 Å². The smallest absolute Gasteiger partial charge is 0.338 e. The summed E-state index contributed by atoms with van der Waals surface area (Å²) in [5.74, 6) is 0.293. The molecule has 0 radical (unpaired) electrons. The van der Waals surface area contributed by atoms with E-state index in [1.807, 2.05) is 0 Å². The Kier molecular flexibility index (Phi) is 3.57. The number of rotatable bonds is 4. The third-order valence-corrected chi connectivity index (χ3v) is 2.43. The maximum atomic E-state index is 11.8. The van der Waals surface area contributed by atoms with Gasteiger partial charge in [0.1, 0.15) is 5.76 Å². The summed E-state index contributed by atoms with van der Waals surface area (Å²) in [6, 6.07) is 10.2. The van der Waals surface area contributed by atoms with Crippen LogP contribution in [-0.4, -0.2) is 18.9 Å². The molecule has 0 N–H and O–H groups in total.